The SMILES string of the molecule is Cc1nc(SC(C(=O)N(C)C)c2ccccc2)n(C2CCCCC2)c1C. The monoisotopic (exact) mass is 371 g/mol. The number of hydrogen-bond acceptors (Lipinski definition) is 3. The average molecular weight is 372 g/mol. The van der Waals surface area contributed by atoms with Crippen molar-refractivity contribution in [1.82, 2.24) is 14.5 Å². The van der Waals surface area contributed by atoms with Crippen LogP contribution in [0.3, 0.4) is 0 Å². The highest BCUT2D eigenvalue weighted by atomic mass is 32.2. The summed E-state index contributed by atoms with van der Waals surface area (Å²) in [6.45, 7) is 4.23. The number of likely N-dealkylation sites (N-methyl/N-ethyl adjacent to an activating group) is 1. The molecule has 1 unspecified atom stereocenters. The van der Waals surface area contributed by atoms with Gasteiger partial charge in [0.2, 0.25) is 5.91 Å². The first kappa shape index (κ1) is 19.0. The van der Waals surface area contributed by atoms with E-state index in [1.165, 1.54) is 37.8 Å². The summed E-state index contributed by atoms with van der Waals surface area (Å²) in [5, 5.41) is 0.714. The molecule has 0 saturated heterocycles. The average Bonchev–Trinajstić information content (AvgIpc) is 2.94. The minimum absolute atomic E-state index is 0.106. The summed E-state index contributed by atoms with van der Waals surface area (Å²) in [5.41, 5.74) is 3.34. The fourth-order valence-corrected chi connectivity index (χ4v) is 5.08. The molecule has 26 heavy (non-hydrogen) atoms. The molecule has 0 radical (unpaired) electrons. The minimum Gasteiger partial charge on any atom is -0.348 e. The van der Waals surface area contributed by atoms with Crippen LogP contribution in [0.2, 0.25) is 0 Å². The quantitative estimate of drug-likeness (QED) is 0.700. The van der Waals surface area contributed by atoms with Crippen LogP contribution in [-0.2, 0) is 4.79 Å². The maximum atomic E-state index is 12.9. The molecular formula is C21H29N3OS. The zero-order valence-electron chi connectivity index (χ0n) is 16.2. The fourth-order valence-electron chi connectivity index (χ4n) is 3.68. The van der Waals surface area contributed by atoms with Gasteiger partial charge < -0.3 is 9.47 Å². The van der Waals surface area contributed by atoms with Crippen LogP contribution in [0, 0.1) is 13.8 Å². The molecule has 1 saturated carbocycles. The summed E-state index contributed by atoms with van der Waals surface area (Å²) >= 11 is 1.59. The number of hydrogen-bond donors (Lipinski definition) is 0. The lowest BCUT2D eigenvalue weighted by atomic mass is 9.95. The zero-order valence-corrected chi connectivity index (χ0v) is 17.1. The molecule has 2 aromatic rings. The Balaban J connectivity index is 1.96. The number of imidazole rings is 1. The first-order valence-electron chi connectivity index (χ1n) is 9.47. The number of thioether (sulfide) groups is 1. The molecule has 140 valence electrons. The van der Waals surface area contributed by atoms with Gasteiger partial charge in [0.25, 0.3) is 0 Å². The lowest BCUT2D eigenvalue weighted by Crippen LogP contribution is -2.27. The first-order valence-corrected chi connectivity index (χ1v) is 10.3. The van der Waals surface area contributed by atoms with E-state index < -0.39 is 0 Å². The Bertz CT molecular complexity index is 748. The Labute approximate surface area is 161 Å². The number of rotatable bonds is 5. The van der Waals surface area contributed by atoms with Gasteiger partial charge in [-0.2, -0.15) is 0 Å². The number of aromatic nitrogens is 2. The van der Waals surface area contributed by atoms with Crippen LogP contribution in [0.5, 0.6) is 0 Å². The molecular weight excluding hydrogens is 342 g/mol. The number of carbonyl (C=O) groups excluding carboxylic acids is 1. The van der Waals surface area contributed by atoms with E-state index in [1.54, 1.807) is 16.7 Å². The van der Waals surface area contributed by atoms with Crippen molar-refractivity contribution in [3.05, 3.63) is 47.3 Å². The predicted octanol–water partition coefficient (Wildman–Crippen LogP) is 4.93. The molecule has 1 aromatic heterocycles. The van der Waals surface area contributed by atoms with Crippen LogP contribution in [0.15, 0.2) is 35.5 Å². The van der Waals surface area contributed by atoms with E-state index in [1.807, 2.05) is 44.4 Å². The van der Waals surface area contributed by atoms with Crippen LogP contribution < -0.4 is 0 Å². The third-order valence-corrected chi connectivity index (χ3v) is 6.49. The molecule has 5 heteroatoms. The highest BCUT2D eigenvalue weighted by molar-refractivity contribution is 8.00. The van der Waals surface area contributed by atoms with Gasteiger partial charge in [0.1, 0.15) is 5.25 Å². The maximum Gasteiger partial charge on any atom is 0.240 e. The molecule has 1 aliphatic carbocycles. The van der Waals surface area contributed by atoms with E-state index in [2.05, 4.69) is 18.4 Å². The molecule has 3 rings (SSSR count). The second-order valence-electron chi connectivity index (χ2n) is 7.37. The smallest absolute Gasteiger partial charge is 0.240 e. The number of aryl methyl sites for hydroxylation is 1. The van der Waals surface area contributed by atoms with Crippen molar-refractivity contribution in [3.8, 4) is 0 Å². The molecule has 0 N–H and O–H groups in total. The minimum atomic E-state index is -0.269. The fraction of sp³-hybridized carbons (Fsp3) is 0.524. The molecule has 0 spiro atoms. The Hall–Kier alpha value is -1.75. The van der Waals surface area contributed by atoms with Crippen LogP contribution in [-0.4, -0.2) is 34.5 Å². The van der Waals surface area contributed by atoms with Gasteiger partial charge in [-0.05, 0) is 32.3 Å². The third-order valence-electron chi connectivity index (χ3n) is 5.28. The van der Waals surface area contributed by atoms with Gasteiger partial charge in [-0.25, -0.2) is 4.98 Å². The van der Waals surface area contributed by atoms with E-state index in [4.69, 9.17) is 4.98 Å². The predicted molar refractivity (Wildman–Crippen MR) is 108 cm³/mol. The Morgan fingerprint density at radius 1 is 1.15 bits per heavy atom. The molecule has 1 fully saturated rings. The molecule has 1 amide bonds. The molecule has 4 nitrogen and oxygen atoms in total. The Kier molecular flexibility index (Phi) is 6.07. The molecule has 1 heterocycles. The van der Waals surface area contributed by atoms with Crippen molar-refractivity contribution in [2.45, 2.75) is 62.4 Å². The van der Waals surface area contributed by atoms with Crippen molar-refractivity contribution in [2.24, 2.45) is 0 Å². The normalized spacial score (nSPS) is 16.5. The Morgan fingerprint density at radius 3 is 2.42 bits per heavy atom. The van der Waals surface area contributed by atoms with Crippen LogP contribution in [0.25, 0.3) is 0 Å². The van der Waals surface area contributed by atoms with Crippen LogP contribution >= 0.6 is 11.8 Å². The highest BCUT2D eigenvalue weighted by Crippen LogP contribution is 2.40. The Morgan fingerprint density at radius 2 is 1.81 bits per heavy atom. The lowest BCUT2D eigenvalue weighted by Gasteiger charge is -2.27. The third kappa shape index (κ3) is 3.98. The molecule has 0 aliphatic heterocycles. The van der Waals surface area contributed by atoms with E-state index in [0.717, 1.165) is 16.4 Å². The summed E-state index contributed by atoms with van der Waals surface area (Å²) < 4.78 is 2.40. The van der Waals surface area contributed by atoms with Crippen molar-refractivity contribution < 1.29 is 4.79 Å². The van der Waals surface area contributed by atoms with Crippen LogP contribution in [0.1, 0.15) is 60.3 Å². The van der Waals surface area contributed by atoms with Gasteiger partial charge in [-0.15, -0.1) is 0 Å². The van der Waals surface area contributed by atoms with Gasteiger partial charge in [0, 0.05) is 25.8 Å². The summed E-state index contributed by atoms with van der Waals surface area (Å²) in [5.74, 6) is 0.106. The van der Waals surface area contributed by atoms with Gasteiger partial charge in [-0.3, -0.25) is 4.79 Å². The van der Waals surface area contributed by atoms with Crippen molar-refractivity contribution >= 4 is 17.7 Å². The van der Waals surface area contributed by atoms with E-state index in [0.29, 0.717) is 6.04 Å². The van der Waals surface area contributed by atoms with Gasteiger partial charge in [-0.1, -0.05) is 61.4 Å². The molecule has 0 bridgehead atoms. The molecule has 1 aliphatic rings. The van der Waals surface area contributed by atoms with Gasteiger partial charge in [0.05, 0.1) is 5.69 Å². The van der Waals surface area contributed by atoms with E-state index >= 15 is 0 Å². The topological polar surface area (TPSA) is 38.1 Å². The largest absolute Gasteiger partial charge is 0.348 e. The maximum absolute atomic E-state index is 12.9. The van der Waals surface area contributed by atoms with E-state index in [9.17, 15) is 4.79 Å². The molecule has 1 aromatic carbocycles. The molecule has 1 atom stereocenters. The summed E-state index contributed by atoms with van der Waals surface area (Å²) in [6.07, 6.45) is 6.31. The summed E-state index contributed by atoms with van der Waals surface area (Å²) in [4.78, 5) is 19.4. The van der Waals surface area contributed by atoms with Gasteiger partial charge in [0.15, 0.2) is 5.16 Å². The van der Waals surface area contributed by atoms with E-state index in [-0.39, 0.29) is 11.2 Å². The second-order valence-corrected chi connectivity index (χ2v) is 8.44. The number of nitrogens with zero attached hydrogens (tertiary/aromatic N) is 3. The van der Waals surface area contributed by atoms with Crippen molar-refractivity contribution in [3.63, 3.8) is 0 Å². The summed E-state index contributed by atoms with van der Waals surface area (Å²) in [7, 11) is 3.64. The second kappa shape index (κ2) is 8.30. The van der Waals surface area contributed by atoms with Gasteiger partial charge >= 0.3 is 0 Å². The number of benzene rings is 1. The number of carbonyl (C=O) groups is 1. The summed E-state index contributed by atoms with van der Waals surface area (Å²) in [6, 6.07) is 10.6. The van der Waals surface area contributed by atoms with Crippen molar-refractivity contribution in [2.75, 3.05) is 14.1 Å². The highest BCUT2D eigenvalue weighted by Gasteiger charge is 2.28. The zero-order chi connectivity index (χ0) is 18.7. The number of amides is 1. The lowest BCUT2D eigenvalue weighted by molar-refractivity contribution is -0.128. The first-order chi connectivity index (χ1) is 12.5. The standard InChI is InChI=1S/C21H29N3OS/c1-15-16(2)24(18-13-9-6-10-14-18)21(22-15)26-19(20(25)23(3)4)17-11-7-5-8-12-17/h5,7-8,11-12,18-19H,6,9-10,13-14H2,1-4H3. The van der Waals surface area contributed by atoms with Crippen molar-refractivity contribution in [1.29, 1.82) is 0 Å². The van der Waals surface area contributed by atoms with Crippen LogP contribution in [0.4, 0.5) is 0 Å².